The van der Waals surface area contributed by atoms with Crippen LogP contribution in [0.25, 0.3) is 0 Å². The molecule has 1 saturated heterocycles. The van der Waals surface area contributed by atoms with Crippen molar-refractivity contribution in [1.82, 2.24) is 20.4 Å². The average Bonchev–Trinajstić information content (AvgIpc) is 3.26. The number of fused-ring (bicyclic) bond motifs is 2. The molecule has 2 aromatic rings. The number of hydrogen-bond acceptors (Lipinski definition) is 7. The van der Waals surface area contributed by atoms with Crippen LogP contribution in [0.4, 0.5) is 4.79 Å². The van der Waals surface area contributed by atoms with Gasteiger partial charge >= 0.3 is 6.03 Å². The largest absolute Gasteiger partial charge is 0.375 e. The second-order valence-corrected chi connectivity index (χ2v) is 6.88. The SMILES string of the molecule is COCc1nc(CN2C(=O)N[C@@]3(CCCc4sccc43)C2=O)no1. The molecule has 3 heterocycles. The predicted molar refractivity (Wildman–Crippen MR) is 83.0 cm³/mol. The van der Waals surface area contributed by atoms with Crippen molar-refractivity contribution in [3.8, 4) is 0 Å². The third kappa shape index (κ3) is 2.23. The third-order valence-corrected chi connectivity index (χ3v) is 5.39. The minimum absolute atomic E-state index is 0.0148. The van der Waals surface area contributed by atoms with Crippen molar-refractivity contribution in [2.45, 2.75) is 38.0 Å². The summed E-state index contributed by atoms with van der Waals surface area (Å²) < 4.78 is 9.93. The maximum atomic E-state index is 13.0. The van der Waals surface area contributed by atoms with Gasteiger partial charge in [-0.3, -0.25) is 9.69 Å². The number of aromatic nitrogens is 2. The molecule has 1 fully saturated rings. The van der Waals surface area contributed by atoms with Crippen molar-refractivity contribution in [1.29, 1.82) is 0 Å². The Kier molecular flexibility index (Phi) is 3.61. The van der Waals surface area contributed by atoms with Gasteiger partial charge in [-0.15, -0.1) is 11.3 Å². The number of nitrogens with one attached hydrogen (secondary N) is 1. The third-order valence-electron chi connectivity index (χ3n) is 4.41. The molecule has 0 saturated carbocycles. The molecule has 0 radical (unpaired) electrons. The number of nitrogens with zero attached hydrogens (tertiary/aromatic N) is 3. The lowest BCUT2D eigenvalue weighted by atomic mass is 9.80. The van der Waals surface area contributed by atoms with Gasteiger partial charge in [-0.25, -0.2) is 4.79 Å². The number of aryl methyl sites for hydroxylation is 1. The Labute approximate surface area is 141 Å². The quantitative estimate of drug-likeness (QED) is 0.842. The van der Waals surface area contributed by atoms with Gasteiger partial charge < -0.3 is 14.6 Å². The number of imide groups is 1. The molecule has 2 aliphatic rings. The van der Waals surface area contributed by atoms with Gasteiger partial charge in [0.2, 0.25) is 0 Å². The highest BCUT2D eigenvalue weighted by Crippen LogP contribution is 2.42. The van der Waals surface area contributed by atoms with Crippen LogP contribution in [0.15, 0.2) is 16.0 Å². The minimum atomic E-state index is -0.941. The molecule has 1 aliphatic carbocycles. The lowest BCUT2D eigenvalue weighted by Crippen LogP contribution is -2.46. The molecule has 1 N–H and O–H groups in total. The van der Waals surface area contributed by atoms with Crippen molar-refractivity contribution in [3.63, 3.8) is 0 Å². The first-order valence-corrected chi connectivity index (χ1v) is 8.53. The van der Waals surface area contributed by atoms with Gasteiger partial charge in [0.1, 0.15) is 12.1 Å². The summed E-state index contributed by atoms with van der Waals surface area (Å²) in [7, 11) is 1.52. The van der Waals surface area contributed by atoms with Gasteiger partial charge in [0.05, 0.1) is 6.54 Å². The summed E-state index contributed by atoms with van der Waals surface area (Å²) in [4.78, 5) is 31.9. The number of carbonyl (C=O) groups excluding carboxylic acids is 2. The van der Waals surface area contributed by atoms with Gasteiger partial charge in [-0.1, -0.05) is 5.16 Å². The van der Waals surface area contributed by atoms with E-state index in [-0.39, 0.29) is 24.9 Å². The van der Waals surface area contributed by atoms with Crippen LogP contribution in [-0.4, -0.2) is 34.1 Å². The van der Waals surface area contributed by atoms with Crippen LogP contribution in [0, 0.1) is 0 Å². The van der Waals surface area contributed by atoms with E-state index in [4.69, 9.17) is 9.26 Å². The number of hydrogen-bond donors (Lipinski definition) is 1. The Morgan fingerprint density at radius 3 is 3.21 bits per heavy atom. The molecular formula is C15H16N4O4S. The standard InChI is InChI=1S/C15H16N4O4S/c1-22-8-12-16-11(18-23-12)7-19-13(20)15(17-14(19)21)5-2-3-10-9(15)4-6-24-10/h4,6H,2-3,5,7-8H2,1H3,(H,17,21)/t15-/m1/s1. The summed E-state index contributed by atoms with van der Waals surface area (Å²) in [5, 5.41) is 8.66. The summed E-state index contributed by atoms with van der Waals surface area (Å²) >= 11 is 1.63. The lowest BCUT2D eigenvalue weighted by molar-refractivity contribution is -0.132. The highest BCUT2D eigenvalue weighted by molar-refractivity contribution is 7.10. The molecule has 2 aromatic heterocycles. The predicted octanol–water partition coefficient (Wildman–Crippen LogP) is 1.56. The smallest absolute Gasteiger partial charge is 0.325 e. The molecule has 126 valence electrons. The zero-order valence-corrected chi connectivity index (χ0v) is 13.9. The molecule has 1 spiro atoms. The molecule has 4 rings (SSSR count). The van der Waals surface area contributed by atoms with Gasteiger partial charge in [-0.05, 0) is 30.7 Å². The highest BCUT2D eigenvalue weighted by Gasteiger charge is 2.54. The topological polar surface area (TPSA) is 97.6 Å². The van der Waals surface area contributed by atoms with E-state index in [0.717, 1.165) is 23.3 Å². The Morgan fingerprint density at radius 2 is 2.38 bits per heavy atom. The number of methoxy groups -OCH3 is 1. The van der Waals surface area contributed by atoms with Crippen LogP contribution in [0.3, 0.4) is 0 Å². The summed E-state index contributed by atoms with van der Waals surface area (Å²) in [6, 6.07) is 1.52. The number of urea groups is 1. The fourth-order valence-corrected chi connectivity index (χ4v) is 4.36. The summed E-state index contributed by atoms with van der Waals surface area (Å²) in [6.07, 6.45) is 2.43. The van der Waals surface area contributed by atoms with Crippen LogP contribution >= 0.6 is 11.3 Å². The lowest BCUT2D eigenvalue weighted by Gasteiger charge is -2.31. The Morgan fingerprint density at radius 1 is 1.50 bits per heavy atom. The summed E-state index contributed by atoms with van der Waals surface area (Å²) in [5.74, 6) is 0.348. The first-order valence-electron chi connectivity index (χ1n) is 7.65. The number of carbonyl (C=O) groups is 2. The van der Waals surface area contributed by atoms with Crippen molar-refractivity contribution < 1.29 is 18.8 Å². The Hall–Kier alpha value is -2.26. The van der Waals surface area contributed by atoms with Gasteiger partial charge in [0.15, 0.2) is 5.82 Å². The molecule has 0 unspecified atom stereocenters. The van der Waals surface area contributed by atoms with E-state index in [0.29, 0.717) is 12.3 Å². The summed E-state index contributed by atoms with van der Waals surface area (Å²) in [6.45, 7) is 0.175. The van der Waals surface area contributed by atoms with E-state index in [2.05, 4.69) is 15.5 Å². The molecule has 9 heteroatoms. The molecular weight excluding hydrogens is 332 g/mol. The molecule has 3 amide bonds. The highest BCUT2D eigenvalue weighted by atomic mass is 32.1. The monoisotopic (exact) mass is 348 g/mol. The Bertz CT molecular complexity index is 801. The molecule has 8 nitrogen and oxygen atoms in total. The normalized spacial score (nSPS) is 23.0. The summed E-state index contributed by atoms with van der Waals surface area (Å²) in [5.41, 5.74) is -0.0168. The first kappa shape index (κ1) is 15.3. The number of thiophene rings is 1. The van der Waals surface area contributed by atoms with Crippen molar-refractivity contribution in [2.24, 2.45) is 0 Å². The van der Waals surface area contributed by atoms with Crippen LogP contribution in [-0.2, 0) is 34.6 Å². The zero-order chi connectivity index (χ0) is 16.7. The van der Waals surface area contributed by atoms with Gasteiger partial charge in [0.25, 0.3) is 11.8 Å². The zero-order valence-electron chi connectivity index (χ0n) is 13.1. The van der Waals surface area contributed by atoms with Crippen molar-refractivity contribution in [3.05, 3.63) is 33.6 Å². The van der Waals surface area contributed by atoms with Crippen LogP contribution in [0.1, 0.15) is 35.0 Å². The number of amides is 3. The molecule has 1 atom stereocenters. The van der Waals surface area contributed by atoms with Crippen LogP contribution in [0.2, 0.25) is 0 Å². The van der Waals surface area contributed by atoms with E-state index < -0.39 is 11.6 Å². The number of ether oxygens (including phenoxy) is 1. The van der Waals surface area contributed by atoms with E-state index >= 15 is 0 Å². The van der Waals surface area contributed by atoms with E-state index in [1.165, 1.54) is 12.0 Å². The Balaban J connectivity index is 1.60. The van der Waals surface area contributed by atoms with Gasteiger partial charge in [-0.2, -0.15) is 4.98 Å². The fourth-order valence-electron chi connectivity index (χ4n) is 3.36. The molecule has 0 aromatic carbocycles. The average molecular weight is 348 g/mol. The van der Waals surface area contributed by atoms with E-state index in [1.807, 2.05) is 11.4 Å². The number of rotatable bonds is 4. The van der Waals surface area contributed by atoms with Gasteiger partial charge in [0, 0.05) is 17.6 Å². The molecule has 0 bridgehead atoms. The van der Waals surface area contributed by atoms with Crippen molar-refractivity contribution >= 4 is 23.3 Å². The van der Waals surface area contributed by atoms with Crippen LogP contribution in [0.5, 0.6) is 0 Å². The van der Waals surface area contributed by atoms with Crippen LogP contribution < -0.4 is 5.32 Å². The maximum Gasteiger partial charge on any atom is 0.325 e. The first-order chi connectivity index (χ1) is 11.6. The second kappa shape index (κ2) is 5.67. The fraction of sp³-hybridized carbons (Fsp3) is 0.467. The van der Waals surface area contributed by atoms with E-state index in [1.54, 1.807) is 11.3 Å². The molecule has 24 heavy (non-hydrogen) atoms. The minimum Gasteiger partial charge on any atom is -0.375 e. The van der Waals surface area contributed by atoms with E-state index in [9.17, 15) is 9.59 Å². The van der Waals surface area contributed by atoms with Crippen molar-refractivity contribution in [2.75, 3.05) is 7.11 Å². The second-order valence-electron chi connectivity index (χ2n) is 5.88. The molecule has 1 aliphatic heterocycles. The maximum absolute atomic E-state index is 13.0.